The van der Waals surface area contributed by atoms with Gasteiger partial charge in [-0.05, 0) is 84.6 Å². The quantitative estimate of drug-likeness (QED) is 0.163. The predicted octanol–water partition coefficient (Wildman–Crippen LogP) is 13.7. The number of nitrogens with zero attached hydrogens (tertiary/aromatic N) is 3. The van der Waals surface area contributed by atoms with Crippen molar-refractivity contribution in [3.8, 4) is 67.5 Å². The van der Waals surface area contributed by atoms with Crippen LogP contribution in [0.1, 0.15) is 22.3 Å². The maximum atomic E-state index is 5.00. The standard InChI is InChI=1S/C56H37N3/c1-5-17-39(18-6-1)53-57-54(40-19-7-2-8-20-40)59-55(58-53)45-24-16-23-43(36-45)41-21-15-22-42(35-41)44-32-31-38-33-34-49-48-29-13-14-30-51(48)56(52(49)50(38)37-44,46-25-9-3-10-26-46)47-27-11-4-12-28-47/h1-37H. The third kappa shape index (κ3) is 5.86. The molecule has 0 fully saturated rings. The molecule has 0 bridgehead atoms. The van der Waals surface area contributed by atoms with E-state index in [-0.39, 0.29) is 0 Å². The van der Waals surface area contributed by atoms with Crippen molar-refractivity contribution < 1.29 is 0 Å². The molecule has 0 atom stereocenters. The number of hydrogen-bond acceptors (Lipinski definition) is 3. The summed E-state index contributed by atoms with van der Waals surface area (Å²) in [7, 11) is 0. The van der Waals surface area contributed by atoms with Crippen LogP contribution in [0.15, 0.2) is 224 Å². The minimum absolute atomic E-state index is 0.481. The summed E-state index contributed by atoms with van der Waals surface area (Å²) in [4.78, 5) is 14.9. The molecule has 0 saturated carbocycles. The third-order valence-corrected chi connectivity index (χ3v) is 11.8. The molecule has 0 amide bonds. The van der Waals surface area contributed by atoms with Gasteiger partial charge in [-0.15, -0.1) is 0 Å². The van der Waals surface area contributed by atoms with Gasteiger partial charge >= 0.3 is 0 Å². The number of fused-ring (bicyclic) bond motifs is 5. The Balaban J connectivity index is 1.04. The third-order valence-electron chi connectivity index (χ3n) is 11.8. The average molecular weight is 752 g/mol. The molecule has 1 aliphatic rings. The maximum absolute atomic E-state index is 5.00. The van der Waals surface area contributed by atoms with E-state index < -0.39 is 5.41 Å². The van der Waals surface area contributed by atoms with E-state index in [4.69, 9.17) is 15.0 Å². The van der Waals surface area contributed by atoms with Gasteiger partial charge in [-0.2, -0.15) is 0 Å². The summed E-state index contributed by atoms with van der Waals surface area (Å²) in [6.45, 7) is 0. The Morgan fingerprint density at radius 2 is 0.712 bits per heavy atom. The van der Waals surface area contributed by atoms with E-state index in [1.54, 1.807) is 0 Å². The molecule has 0 spiro atoms. The number of hydrogen-bond donors (Lipinski definition) is 0. The molecule has 1 heterocycles. The lowest BCUT2D eigenvalue weighted by Crippen LogP contribution is -2.28. The summed E-state index contributed by atoms with van der Waals surface area (Å²) in [5, 5.41) is 2.48. The fourth-order valence-corrected chi connectivity index (χ4v) is 9.10. The highest BCUT2D eigenvalue weighted by molar-refractivity contribution is 6.02. The van der Waals surface area contributed by atoms with Crippen LogP contribution in [-0.2, 0) is 5.41 Å². The van der Waals surface area contributed by atoms with Gasteiger partial charge in [0, 0.05) is 16.7 Å². The Hall–Kier alpha value is -7.75. The van der Waals surface area contributed by atoms with E-state index in [1.807, 2.05) is 60.7 Å². The molecule has 3 heteroatoms. The largest absolute Gasteiger partial charge is 0.208 e. The number of aromatic nitrogens is 3. The lowest BCUT2D eigenvalue weighted by atomic mass is 9.66. The Labute approximate surface area is 344 Å². The van der Waals surface area contributed by atoms with E-state index in [2.05, 4.69) is 164 Å². The van der Waals surface area contributed by atoms with Crippen LogP contribution >= 0.6 is 0 Å². The van der Waals surface area contributed by atoms with E-state index in [0.29, 0.717) is 17.5 Å². The van der Waals surface area contributed by atoms with Crippen LogP contribution in [0.3, 0.4) is 0 Å². The molecule has 10 aromatic rings. The second-order valence-corrected chi connectivity index (χ2v) is 15.2. The zero-order valence-electron chi connectivity index (χ0n) is 32.2. The molecule has 1 aliphatic carbocycles. The normalized spacial score (nSPS) is 12.5. The van der Waals surface area contributed by atoms with Gasteiger partial charge in [0.15, 0.2) is 17.5 Å². The van der Waals surface area contributed by atoms with Crippen molar-refractivity contribution in [2.75, 3.05) is 0 Å². The Morgan fingerprint density at radius 1 is 0.288 bits per heavy atom. The highest BCUT2D eigenvalue weighted by Gasteiger charge is 2.47. The minimum atomic E-state index is -0.481. The van der Waals surface area contributed by atoms with E-state index in [0.717, 1.165) is 33.4 Å². The fraction of sp³-hybridized carbons (Fsp3) is 0.0179. The Kier molecular flexibility index (Phi) is 8.37. The van der Waals surface area contributed by atoms with Gasteiger partial charge in [0.05, 0.1) is 5.41 Å². The van der Waals surface area contributed by atoms with Gasteiger partial charge in [-0.3, -0.25) is 0 Å². The van der Waals surface area contributed by atoms with Gasteiger partial charge < -0.3 is 0 Å². The molecule has 11 rings (SSSR count). The lowest BCUT2D eigenvalue weighted by molar-refractivity contribution is 0.775. The lowest BCUT2D eigenvalue weighted by Gasteiger charge is -2.34. The monoisotopic (exact) mass is 751 g/mol. The van der Waals surface area contributed by atoms with Gasteiger partial charge in [-0.25, -0.2) is 15.0 Å². The van der Waals surface area contributed by atoms with Crippen molar-refractivity contribution in [1.82, 2.24) is 15.0 Å². The van der Waals surface area contributed by atoms with Crippen LogP contribution in [0.25, 0.3) is 78.3 Å². The van der Waals surface area contributed by atoms with Crippen molar-refractivity contribution in [3.05, 3.63) is 247 Å². The van der Waals surface area contributed by atoms with Crippen molar-refractivity contribution in [3.63, 3.8) is 0 Å². The van der Waals surface area contributed by atoms with E-state index in [9.17, 15) is 0 Å². The van der Waals surface area contributed by atoms with Crippen molar-refractivity contribution in [2.45, 2.75) is 5.41 Å². The van der Waals surface area contributed by atoms with Crippen LogP contribution < -0.4 is 0 Å². The van der Waals surface area contributed by atoms with E-state index >= 15 is 0 Å². The summed E-state index contributed by atoms with van der Waals surface area (Å²) in [6.07, 6.45) is 0. The Morgan fingerprint density at radius 3 is 1.29 bits per heavy atom. The van der Waals surface area contributed by atoms with Crippen LogP contribution in [-0.4, -0.2) is 15.0 Å². The molecule has 0 unspecified atom stereocenters. The molecule has 0 radical (unpaired) electrons. The molecule has 0 N–H and O–H groups in total. The smallest absolute Gasteiger partial charge is 0.164 e. The van der Waals surface area contributed by atoms with Gasteiger partial charge in [0.1, 0.15) is 0 Å². The van der Waals surface area contributed by atoms with Crippen LogP contribution in [0.2, 0.25) is 0 Å². The van der Waals surface area contributed by atoms with Gasteiger partial charge in [0.25, 0.3) is 0 Å². The summed E-state index contributed by atoms with van der Waals surface area (Å²) < 4.78 is 0. The number of rotatable bonds is 7. The molecular weight excluding hydrogens is 715 g/mol. The summed E-state index contributed by atoms with van der Waals surface area (Å²) in [5.74, 6) is 1.94. The second kappa shape index (κ2) is 14.3. The first-order valence-electron chi connectivity index (χ1n) is 20.1. The van der Waals surface area contributed by atoms with Gasteiger partial charge in [0.2, 0.25) is 0 Å². The molecule has 1 aromatic heterocycles. The van der Waals surface area contributed by atoms with Crippen molar-refractivity contribution >= 4 is 10.8 Å². The average Bonchev–Trinajstić information content (AvgIpc) is 3.64. The first kappa shape index (κ1) is 34.5. The van der Waals surface area contributed by atoms with Crippen LogP contribution in [0.4, 0.5) is 0 Å². The highest BCUT2D eigenvalue weighted by Crippen LogP contribution is 2.58. The molecular formula is C56H37N3. The van der Waals surface area contributed by atoms with Crippen LogP contribution in [0.5, 0.6) is 0 Å². The van der Waals surface area contributed by atoms with Crippen molar-refractivity contribution in [2.24, 2.45) is 0 Å². The Bertz CT molecular complexity index is 3040. The van der Waals surface area contributed by atoms with E-state index in [1.165, 1.54) is 49.7 Å². The first-order chi connectivity index (χ1) is 29.2. The minimum Gasteiger partial charge on any atom is -0.208 e. The molecule has 276 valence electrons. The summed E-state index contributed by atoms with van der Waals surface area (Å²) in [5.41, 5.74) is 14.7. The number of benzene rings is 9. The maximum Gasteiger partial charge on any atom is 0.164 e. The van der Waals surface area contributed by atoms with Crippen LogP contribution in [0, 0.1) is 0 Å². The zero-order chi connectivity index (χ0) is 39.2. The molecule has 9 aromatic carbocycles. The van der Waals surface area contributed by atoms with Crippen molar-refractivity contribution in [1.29, 1.82) is 0 Å². The van der Waals surface area contributed by atoms with Gasteiger partial charge in [-0.1, -0.05) is 206 Å². The fourth-order valence-electron chi connectivity index (χ4n) is 9.10. The zero-order valence-corrected chi connectivity index (χ0v) is 32.2. The first-order valence-corrected chi connectivity index (χ1v) is 20.1. The molecule has 59 heavy (non-hydrogen) atoms. The molecule has 3 nitrogen and oxygen atoms in total. The predicted molar refractivity (Wildman–Crippen MR) is 242 cm³/mol. The molecule has 0 aliphatic heterocycles. The SMILES string of the molecule is c1ccc(-c2nc(-c3ccccc3)nc(-c3cccc(-c4cccc(-c5ccc6ccc7c(c6c5)C(c5ccccc5)(c5ccccc5)c5ccccc5-7)c4)c3)n2)cc1. The highest BCUT2D eigenvalue weighted by atomic mass is 15.0. The summed E-state index contributed by atoms with van der Waals surface area (Å²) >= 11 is 0. The second-order valence-electron chi connectivity index (χ2n) is 15.2. The summed E-state index contributed by atoms with van der Waals surface area (Å²) in [6, 6.07) is 80.3. The topological polar surface area (TPSA) is 38.7 Å². The molecule has 0 saturated heterocycles.